The van der Waals surface area contributed by atoms with Gasteiger partial charge in [-0.1, -0.05) is 155 Å². The first kappa shape index (κ1) is 46.8. The Morgan fingerprint density at radius 1 is 0.788 bits per heavy atom. The van der Waals surface area contributed by atoms with E-state index < -0.39 is 0 Å². The van der Waals surface area contributed by atoms with Gasteiger partial charge in [0, 0.05) is 6.54 Å². The summed E-state index contributed by atoms with van der Waals surface area (Å²) in [5.74, 6) is 2.87. The molecule has 2 atom stereocenters. The molecule has 1 fully saturated rings. The molecule has 0 saturated heterocycles. The van der Waals surface area contributed by atoms with Gasteiger partial charge < -0.3 is 10.4 Å². The summed E-state index contributed by atoms with van der Waals surface area (Å²) in [7, 11) is 0. The highest BCUT2D eigenvalue weighted by Gasteiger charge is 2.22. The van der Waals surface area contributed by atoms with Gasteiger partial charge >= 0.3 is 0 Å². The molecule has 52 heavy (non-hydrogen) atoms. The molecule has 0 aliphatic heterocycles. The smallest absolute Gasteiger partial charge is 0.119 e. The van der Waals surface area contributed by atoms with Crippen LogP contribution in [0, 0.1) is 18.8 Å². The monoisotopic (exact) mass is 710 g/mol. The second-order valence-corrected chi connectivity index (χ2v) is 15.1. The summed E-state index contributed by atoms with van der Waals surface area (Å²) < 4.78 is 0. The number of fused-ring (bicyclic) bond motifs is 1. The second kappa shape index (κ2) is 27.4. The number of nitrogens with one attached hydrogen (secondary N) is 1. The number of unbranched alkanes of at least 4 members (excludes halogenated alkanes) is 2. The number of aromatic hydroxyl groups is 1. The molecule has 2 aliphatic carbocycles. The van der Waals surface area contributed by atoms with Crippen LogP contribution in [0.25, 0.3) is 11.1 Å². The van der Waals surface area contributed by atoms with Gasteiger partial charge in [0.05, 0.1) is 0 Å². The van der Waals surface area contributed by atoms with Crippen LogP contribution in [0.5, 0.6) is 5.75 Å². The van der Waals surface area contributed by atoms with E-state index in [9.17, 15) is 5.11 Å². The highest BCUT2D eigenvalue weighted by Crippen LogP contribution is 2.40. The van der Waals surface area contributed by atoms with Crippen molar-refractivity contribution in [3.63, 3.8) is 0 Å². The van der Waals surface area contributed by atoms with Crippen molar-refractivity contribution in [2.75, 3.05) is 6.54 Å². The molecule has 3 aromatic rings. The van der Waals surface area contributed by atoms with Crippen molar-refractivity contribution < 1.29 is 5.11 Å². The quantitative estimate of drug-likeness (QED) is 0.122. The third kappa shape index (κ3) is 15.8. The molecule has 0 spiro atoms. The fourth-order valence-corrected chi connectivity index (χ4v) is 7.86. The number of hydrogen-bond donors (Lipinski definition) is 2. The Bertz CT molecular complexity index is 1380. The van der Waals surface area contributed by atoms with E-state index >= 15 is 0 Å². The zero-order valence-electron chi connectivity index (χ0n) is 33.8. The molecular formula is C50H79NO. The van der Waals surface area contributed by atoms with E-state index in [1.807, 2.05) is 6.07 Å². The minimum absolute atomic E-state index is 0. The van der Waals surface area contributed by atoms with Crippen molar-refractivity contribution in [3.05, 3.63) is 114 Å². The van der Waals surface area contributed by atoms with Gasteiger partial charge in [0.1, 0.15) is 5.75 Å². The van der Waals surface area contributed by atoms with E-state index in [0.29, 0.717) is 11.7 Å². The predicted molar refractivity (Wildman–Crippen MR) is 234 cm³/mol. The van der Waals surface area contributed by atoms with Gasteiger partial charge in [0.25, 0.3) is 0 Å². The van der Waals surface area contributed by atoms with Crippen molar-refractivity contribution in [1.29, 1.82) is 0 Å². The molecule has 2 heteroatoms. The van der Waals surface area contributed by atoms with Crippen LogP contribution in [-0.2, 0) is 25.7 Å². The van der Waals surface area contributed by atoms with Crippen LogP contribution in [0.2, 0.25) is 0 Å². The van der Waals surface area contributed by atoms with Crippen molar-refractivity contribution >= 4 is 0 Å². The highest BCUT2D eigenvalue weighted by atomic mass is 16.3. The molecule has 0 heterocycles. The van der Waals surface area contributed by atoms with Gasteiger partial charge in [0.15, 0.2) is 0 Å². The lowest BCUT2D eigenvalue weighted by Crippen LogP contribution is -2.18. The molecule has 290 valence electrons. The topological polar surface area (TPSA) is 32.3 Å². The Hall–Kier alpha value is -3.26. The molecule has 3 aromatic carbocycles. The lowest BCUT2D eigenvalue weighted by molar-refractivity contribution is 0.385. The number of aryl methyl sites for hydroxylation is 3. The average molecular weight is 710 g/mol. The van der Waals surface area contributed by atoms with Crippen LogP contribution in [0.1, 0.15) is 165 Å². The Morgan fingerprint density at radius 2 is 1.50 bits per heavy atom. The predicted octanol–water partition coefficient (Wildman–Crippen LogP) is 14.9. The summed E-state index contributed by atoms with van der Waals surface area (Å²) in [5.41, 5.74) is 11.5. The van der Waals surface area contributed by atoms with Gasteiger partial charge in [-0.05, 0) is 133 Å². The summed E-state index contributed by atoms with van der Waals surface area (Å²) in [4.78, 5) is 0. The lowest BCUT2D eigenvalue weighted by atomic mass is 9.90. The number of phenols is 1. The Labute approximate surface area is 322 Å². The number of benzene rings is 3. The van der Waals surface area contributed by atoms with Crippen molar-refractivity contribution in [2.24, 2.45) is 11.8 Å². The Kier molecular flexibility index (Phi) is 24.6. The molecule has 5 rings (SSSR count). The van der Waals surface area contributed by atoms with Crippen LogP contribution < -0.4 is 5.32 Å². The van der Waals surface area contributed by atoms with Crippen LogP contribution in [0.4, 0.5) is 0 Å². The zero-order valence-corrected chi connectivity index (χ0v) is 33.8. The molecule has 2 unspecified atom stereocenters. The molecule has 2 aliphatic rings. The average Bonchev–Trinajstić information content (AvgIpc) is 3.53. The summed E-state index contributed by atoms with van der Waals surface area (Å²) in [6, 6.07) is 20.0. The molecule has 0 aromatic heterocycles. The van der Waals surface area contributed by atoms with Gasteiger partial charge in [-0.2, -0.15) is 0 Å². The van der Waals surface area contributed by atoms with E-state index in [1.54, 1.807) is 17.3 Å². The first-order valence-electron chi connectivity index (χ1n) is 20.7. The summed E-state index contributed by atoms with van der Waals surface area (Å²) in [6.45, 7) is 24.4. The molecular weight excluding hydrogens is 631 g/mol. The van der Waals surface area contributed by atoms with Gasteiger partial charge in [0.2, 0.25) is 0 Å². The van der Waals surface area contributed by atoms with Crippen LogP contribution in [0.15, 0.2) is 80.5 Å². The molecule has 1 saturated carbocycles. The third-order valence-corrected chi connectivity index (χ3v) is 11.0. The maximum Gasteiger partial charge on any atom is 0.119 e. The van der Waals surface area contributed by atoms with E-state index in [2.05, 4.69) is 115 Å². The van der Waals surface area contributed by atoms with Crippen molar-refractivity contribution in [2.45, 2.75) is 164 Å². The SMILES string of the molecule is C.C=C.C=CNCC(CCC)CCc1ccc(CCC)cc1O.CC1CCCCC1.CCCCCc1cccc(-c2cccc3c2CCC3C)c1C. The largest absolute Gasteiger partial charge is 0.508 e. The molecule has 0 bridgehead atoms. The lowest BCUT2D eigenvalue weighted by Gasteiger charge is -2.16. The summed E-state index contributed by atoms with van der Waals surface area (Å²) in [5, 5.41) is 13.3. The van der Waals surface area contributed by atoms with Crippen LogP contribution in [0.3, 0.4) is 0 Å². The van der Waals surface area contributed by atoms with Crippen molar-refractivity contribution in [1.82, 2.24) is 5.32 Å². The Balaban J connectivity index is 0.000000416. The number of rotatable bonds is 15. The standard InChI is InChI=1S/C22H28.C18H29NO.C7H14.C2H4.CH4/c1-4-5-6-9-18-10-7-12-20(17(18)3)21-13-8-11-19-16(2)14-15-22(19)21;1-4-7-15-9-11-17(18(20)13-15)12-10-16(8-5-2)14-19-6-3;1-7-5-3-2-4-6-7;1-2;/h7-8,10-13,16H,4-6,9,14-15H2,1-3H3;6,9,11,13,16,19-20H,3-5,7-8,10,12,14H2,1-2H3;7H,2-6H2,1H3;1-2H2;1H4. The minimum atomic E-state index is 0. The number of phenolic OH excluding ortho intramolecular Hbond substituents is 1. The second-order valence-electron chi connectivity index (χ2n) is 15.1. The molecule has 2 N–H and O–H groups in total. The maximum atomic E-state index is 10.1. The fraction of sp³-hybridized carbons (Fsp3) is 0.560. The third-order valence-electron chi connectivity index (χ3n) is 11.0. The van der Waals surface area contributed by atoms with Gasteiger partial charge in [-0.15, -0.1) is 13.2 Å². The van der Waals surface area contributed by atoms with Gasteiger partial charge in [-0.3, -0.25) is 0 Å². The fourth-order valence-electron chi connectivity index (χ4n) is 7.86. The molecule has 2 nitrogen and oxygen atoms in total. The van der Waals surface area contributed by atoms with E-state index in [0.717, 1.165) is 49.6 Å². The minimum Gasteiger partial charge on any atom is -0.508 e. The normalized spacial score (nSPS) is 15.2. The van der Waals surface area contributed by atoms with Crippen LogP contribution in [-0.4, -0.2) is 11.7 Å². The van der Waals surface area contributed by atoms with Gasteiger partial charge in [-0.25, -0.2) is 0 Å². The van der Waals surface area contributed by atoms with Crippen molar-refractivity contribution in [3.8, 4) is 16.9 Å². The van der Waals surface area contributed by atoms with Crippen LogP contribution >= 0.6 is 0 Å². The Morgan fingerprint density at radius 3 is 2.12 bits per heavy atom. The van der Waals surface area contributed by atoms with E-state index in [1.165, 1.54) is 111 Å². The summed E-state index contributed by atoms with van der Waals surface area (Å²) >= 11 is 0. The highest BCUT2D eigenvalue weighted by molar-refractivity contribution is 5.73. The molecule has 0 amide bonds. The number of hydrogen-bond acceptors (Lipinski definition) is 2. The summed E-state index contributed by atoms with van der Waals surface area (Å²) in [6.07, 6.45) is 23.5. The maximum absolute atomic E-state index is 10.1. The molecule has 0 radical (unpaired) electrons. The first-order valence-corrected chi connectivity index (χ1v) is 20.7. The zero-order chi connectivity index (χ0) is 37.4. The van der Waals surface area contributed by atoms with E-state index in [4.69, 9.17) is 0 Å². The first-order chi connectivity index (χ1) is 24.8. The van der Waals surface area contributed by atoms with E-state index in [-0.39, 0.29) is 7.43 Å².